The van der Waals surface area contributed by atoms with Crippen LogP contribution < -0.4 is 5.32 Å². The number of amides is 3. The van der Waals surface area contributed by atoms with Crippen molar-refractivity contribution in [3.8, 4) is 0 Å². The number of imide groups is 1. The van der Waals surface area contributed by atoms with E-state index in [4.69, 9.17) is 0 Å². The van der Waals surface area contributed by atoms with Crippen molar-refractivity contribution in [3.63, 3.8) is 0 Å². The van der Waals surface area contributed by atoms with Crippen LogP contribution in [0.5, 0.6) is 0 Å². The Labute approximate surface area is 88.8 Å². The molecular formula is C10H16N2O3. The molecule has 1 saturated heterocycles. The fourth-order valence-electron chi connectivity index (χ4n) is 1.61. The van der Waals surface area contributed by atoms with Gasteiger partial charge in [0.15, 0.2) is 0 Å². The van der Waals surface area contributed by atoms with Crippen LogP contribution in [0.2, 0.25) is 0 Å². The van der Waals surface area contributed by atoms with E-state index in [9.17, 15) is 14.4 Å². The molecule has 0 bridgehead atoms. The summed E-state index contributed by atoms with van der Waals surface area (Å²) in [6.45, 7) is 5.07. The zero-order valence-corrected chi connectivity index (χ0v) is 9.24. The molecule has 1 heterocycles. The van der Waals surface area contributed by atoms with Gasteiger partial charge in [0, 0.05) is 6.92 Å². The first-order valence-corrected chi connectivity index (χ1v) is 5.03. The quantitative estimate of drug-likeness (QED) is 0.695. The molecule has 1 unspecified atom stereocenters. The van der Waals surface area contributed by atoms with E-state index in [2.05, 4.69) is 5.32 Å². The second-order valence-electron chi connectivity index (χ2n) is 4.19. The third kappa shape index (κ3) is 2.78. The number of hydrogen-bond acceptors (Lipinski definition) is 3. The van der Waals surface area contributed by atoms with E-state index in [1.807, 2.05) is 13.8 Å². The molecule has 5 nitrogen and oxygen atoms in total. The van der Waals surface area contributed by atoms with Crippen LogP contribution in [-0.4, -0.2) is 35.2 Å². The average Bonchev–Trinajstić information content (AvgIpc) is 2.09. The van der Waals surface area contributed by atoms with Crippen LogP contribution in [0.15, 0.2) is 0 Å². The lowest BCUT2D eigenvalue weighted by Gasteiger charge is -2.31. The number of carbonyl (C=O) groups excluding carboxylic acids is 3. The van der Waals surface area contributed by atoms with Gasteiger partial charge in [0.05, 0.1) is 0 Å². The predicted molar refractivity (Wildman–Crippen MR) is 53.8 cm³/mol. The Hall–Kier alpha value is -1.39. The molecule has 5 heteroatoms. The van der Waals surface area contributed by atoms with Gasteiger partial charge in [-0.25, -0.2) is 0 Å². The van der Waals surface area contributed by atoms with E-state index in [0.717, 1.165) is 4.90 Å². The smallest absolute Gasteiger partial charge is 0.252 e. The van der Waals surface area contributed by atoms with E-state index in [0.29, 0.717) is 12.3 Å². The summed E-state index contributed by atoms with van der Waals surface area (Å²) in [6.07, 6.45) is 0.564. The van der Waals surface area contributed by atoms with Crippen molar-refractivity contribution >= 4 is 17.7 Å². The minimum atomic E-state index is -0.546. The Morgan fingerprint density at radius 1 is 1.53 bits per heavy atom. The summed E-state index contributed by atoms with van der Waals surface area (Å²) in [5.41, 5.74) is 0. The van der Waals surface area contributed by atoms with Gasteiger partial charge in [-0.05, 0) is 12.3 Å². The molecule has 1 fully saturated rings. The van der Waals surface area contributed by atoms with Crippen LogP contribution >= 0.6 is 0 Å². The molecule has 1 rings (SSSR count). The monoisotopic (exact) mass is 212 g/mol. The number of hydrogen-bond donors (Lipinski definition) is 1. The van der Waals surface area contributed by atoms with E-state index < -0.39 is 6.04 Å². The van der Waals surface area contributed by atoms with Crippen molar-refractivity contribution in [2.45, 2.75) is 33.2 Å². The normalized spacial score (nSPS) is 21.9. The van der Waals surface area contributed by atoms with Crippen LogP contribution in [0, 0.1) is 5.92 Å². The highest BCUT2D eigenvalue weighted by molar-refractivity contribution is 6.04. The number of rotatable bonds is 2. The van der Waals surface area contributed by atoms with Crippen molar-refractivity contribution < 1.29 is 14.4 Å². The predicted octanol–water partition coefficient (Wildman–Crippen LogP) is -0.0940. The Morgan fingerprint density at radius 2 is 2.13 bits per heavy atom. The molecule has 0 spiro atoms. The molecule has 15 heavy (non-hydrogen) atoms. The van der Waals surface area contributed by atoms with Gasteiger partial charge in [0.1, 0.15) is 12.6 Å². The Bertz CT molecular complexity index is 299. The standard InChI is InChI=1S/C10H16N2O3/c1-6(2)4-8-10(15)12(7(3)13)5-9(14)11-8/h6,8H,4-5H2,1-3H3,(H,11,14). The maximum atomic E-state index is 11.7. The first-order chi connectivity index (χ1) is 6.91. The minimum absolute atomic E-state index is 0.150. The van der Waals surface area contributed by atoms with E-state index in [1.54, 1.807) is 0 Å². The van der Waals surface area contributed by atoms with Crippen LogP contribution in [0.3, 0.4) is 0 Å². The zero-order chi connectivity index (χ0) is 11.6. The van der Waals surface area contributed by atoms with Gasteiger partial charge in [0.25, 0.3) is 5.91 Å². The van der Waals surface area contributed by atoms with Crippen molar-refractivity contribution in [1.29, 1.82) is 0 Å². The van der Waals surface area contributed by atoms with Crippen molar-refractivity contribution in [2.75, 3.05) is 6.54 Å². The summed E-state index contributed by atoms with van der Waals surface area (Å²) in [6, 6.07) is -0.546. The van der Waals surface area contributed by atoms with Crippen LogP contribution in [-0.2, 0) is 14.4 Å². The number of nitrogens with one attached hydrogen (secondary N) is 1. The zero-order valence-electron chi connectivity index (χ0n) is 9.24. The van der Waals surface area contributed by atoms with Gasteiger partial charge in [-0.3, -0.25) is 19.3 Å². The second-order valence-corrected chi connectivity index (χ2v) is 4.19. The molecule has 0 saturated carbocycles. The molecule has 0 aromatic heterocycles. The van der Waals surface area contributed by atoms with Crippen molar-refractivity contribution in [2.24, 2.45) is 5.92 Å². The topological polar surface area (TPSA) is 66.5 Å². The van der Waals surface area contributed by atoms with E-state index >= 15 is 0 Å². The maximum Gasteiger partial charge on any atom is 0.252 e. The molecule has 1 aliphatic heterocycles. The van der Waals surface area contributed by atoms with Gasteiger partial charge in [0.2, 0.25) is 11.8 Å². The average molecular weight is 212 g/mol. The summed E-state index contributed by atoms with van der Waals surface area (Å²) < 4.78 is 0. The molecule has 3 amide bonds. The largest absolute Gasteiger partial charge is 0.343 e. The lowest BCUT2D eigenvalue weighted by atomic mass is 10.0. The summed E-state index contributed by atoms with van der Waals surface area (Å²) in [5.74, 6) is -0.638. The number of carbonyl (C=O) groups is 3. The summed E-state index contributed by atoms with van der Waals surface area (Å²) in [5, 5.41) is 2.60. The molecule has 1 N–H and O–H groups in total. The van der Waals surface area contributed by atoms with Gasteiger partial charge < -0.3 is 5.32 Å². The van der Waals surface area contributed by atoms with Gasteiger partial charge in [-0.1, -0.05) is 13.8 Å². The highest BCUT2D eigenvalue weighted by Crippen LogP contribution is 2.11. The lowest BCUT2D eigenvalue weighted by Crippen LogP contribution is -2.59. The van der Waals surface area contributed by atoms with Crippen LogP contribution in [0.25, 0.3) is 0 Å². The molecular weight excluding hydrogens is 196 g/mol. The minimum Gasteiger partial charge on any atom is -0.343 e. The third-order valence-electron chi connectivity index (χ3n) is 2.29. The van der Waals surface area contributed by atoms with E-state index in [1.165, 1.54) is 6.92 Å². The highest BCUT2D eigenvalue weighted by Gasteiger charge is 2.34. The first-order valence-electron chi connectivity index (χ1n) is 5.03. The SMILES string of the molecule is CC(=O)N1CC(=O)NC(CC(C)C)C1=O. The molecule has 1 atom stereocenters. The van der Waals surface area contributed by atoms with Crippen molar-refractivity contribution in [3.05, 3.63) is 0 Å². The molecule has 1 aliphatic rings. The van der Waals surface area contributed by atoms with Crippen molar-refractivity contribution in [1.82, 2.24) is 10.2 Å². The van der Waals surface area contributed by atoms with E-state index in [-0.39, 0.29) is 24.3 Å². The summed E-state index contributed by atoms with van der Waals surface area (Å²) >= 11 is 0. The van der Waals surface area contributed by atoms with Crippen LogP contribution in [0.1, 0.15) is 27.2 Å². The fraction of sp³-hybridized carbons (Fsp3) is 0.700. The van der Waals surface area contributed by atoms with Gasteiger partial charge >= 0.3 is 0 Å². The lowest BCUT2D eigenvalue weighted by molar-refractivity contribution is -0.152. The molecule has 0 aromatic rings. The first kappa shape index (κ1) is 11.7. The van der Waals surface area contributed by atoms with Crippen LogP contribution in [0.4, 0.5) is 0 Å². The molecule has 0 aromatic carbocycles. The number of nitrogens with zero attached hydrogens (tertiary/aromatic N) is 1. The van der Waals surface area contributed by atoms with Gasteiger partial charge in [-0.2, -0.15) is 0 Å². The molecule has 0 aliphatic carbocycles. The number of piperazine rings is 1. The Balaban J connectivity index is 2.76. The highest BCUT2D eigenvalue weighted by atomic mass is 16.2. The van der Waals surface area contributed by atoms with Gasteiger partial charge in [-0.15, -0.1) is 0 Å². The second kappa shape index (κ2) is 4.42. The molecule has 84 valence electrons. The molecule has 0 radical (unpaired) electrons. The summed E-state index contributed by atoms with van der Waals surface area (Å²) in [4.78, 5) is 35.1. The Morgan fingerprint density at radius 3 is 2.60 bits per heavy atom. The maximum absolute atomic E-state index is 11.7. The summed E-state index contributed by atoms with van der Waals surface area (Å²) in [7, 11) is 0. The fourth-order valence-corrected chi connectivity index (χ4v) is 1.61. The Kier molecular flexibility index (Phi) is 3.44. The third-order valence-corrected chi connectivity index (χ3v) is 2.29.